The van der Waals surface area contributed by atoms with Gasteiger partial charge in [0.1, 0.15) is 5.82 Å². The van der Waals surface area contributed by atoms with Gasteiger partial charge in [0.25, 0.3) is 0 Å². The molecule has 2 unspecified atom stereocenters. The Hall–Kier alpha value is -1.02. The minimum Gasteiger partial charge on any atom is -0.381 e. The van der Waals surface area contributed by atoms with Gasteiger partial charge in [-0.3, -0.25) is 0 Å². The van der Waals surface area contributed by atoms with Crippen molar-refractivity contribution in [3.05, 3.63) is 34.5 Å². The van der Waals surface area contributed by atoms with Gasteiger partial charge in [0.15, 0.2) is 5.13 Å². The Balaban J connectivity index is 0.000000268. The van der Waals surface area contributed by atoms with Gasteiger partial charge in [0, 0.05) is 17.6 Å². The second-order valence-corrected chi connectivity index (χ2v) is 9.85. The molecular formula is C20H26ClFN4S2. The van der Waals surface area contributed by atoms with E-state index < -0.39 is 0 Å². The molecule has 3 fully saturated rings. The van der Waals surface area contributed by atoms with E-state index in [1.54, 1.807) is 12.3 Å². The van der Waals surface area contributed by atoms with E-state index in [9.17, 15) is 4.39 Å². The Kier molecular flexibility index (Phi) is 6.99. The van der Waals surface area contributed by atoms with Gasteiger partial charge < -0.3 is 15.4 Å². The van der Waals surface area contributed by atoms with Crippen LogP contribution in [0.5, 0.6) is 0 Å². The fourth-order valence-corrected chi connectivity index (χ4v) is 5.38. The molecule has 28 heavy (non-hydrogen) atoms. The first-order chi connectivity index (χ1) is 13.7. The van der Waals surface area contributed by atoms with Crippen LogP contribution < -0.4 is 15.4 Å². The summed E-state index contributed by atoms with van der Waals surface area (Å²) < 4.78 is 17.3. The summed E-state index contributed by atoms with van der Waals surface area (Å²) in [7, 11) is 0. The lowest BCUT2D eigenvalue weighted by Gasteiger charge is -2.24. The highest BCUT2D eigenvalue weighted by Gasteiger charge is 2.40. The third-order valence-electron chi connectivity index (χ3n) is 5.55. The molecule has 5 rings (SSSR count). The zero-order chi connectivity index (χ0) is 19.3. The Bertz CT molecular complexity index is 760. The van der Waals surface area contributed by atoms with Crippen molar-refractivity contribution in [2.24, 2.45) is 11.8 Å². The molecule has 152 valence electrons. The number of hydrogen-bond donors (Lipinski definition) is 3. The number of hydrogen-bond acceptors (Lipinski definition) is 6. The zero-order valence-corrected chi connectivity index (χ0v) is 18.1. The first-order valence-electron chi connectivity index (χ1n) is 9.97. The molecule has 2 heterocycles. The van der Waals surface area contributed by atoms with E-state index in [4.69, 9.17) is 11.6 Å². The summed E-state index contributed by atoms with van der Waals surface area (Å²) in [6, 6.07) is 3.55. The monoisotopic (exact) mass is 440 g/mol. The molecule has 0 amide bonds. The molecule has 4 nitrogen and oxygen atoms in total. The summed E-state index contributed by atoms with van der Waals surface area (Å²) in [6.45, 7) is 2.62. The number of anilines is 2. The van der Waals surface area contributed by atoms with Gasteiger partial charge >= 0.3 is 0 Å². The minimum atomic E-state index is -0.281. The number of nitrogens with zero attached hydrogens (tertiary/aromatic N) is 1. The smallest absolute Gasteiger partial charge is 0.192 e. The molecule has 3 aliphatic rings. The molecule has 2 aromatic rings. The topological polar surface area (TPSA) is 49.0 Å². The summed E-state index contributed by atoms with van der Waals surface area (Å²) in [5.74, 6) is 1.92. The van der Waals surface area contributed by atoms with Gasteiger partial charge in [0.05, 0.1) is 15.6 Å². The Morgan fingerprint density at radius 3 is 2.57 bits per heavy atom. The average Bonchev–Trinajstić information content (AvgIpc) is 3.10. The van der Waals surface area contributed by atoms with Crippen LogP contribution in [0.25, 0.3) is 0 Å². The molecule has 2 aliphatic carbocycles. The van der Waals surface area contributed by atoms with E-state index in [2.05, 4.69) is 20.3 Å². The van der Waals surface area contributed by atoms with Crippen molar-refractivity contribution in [1.82, 2.24) is 10.3 Å². The largest absolute Gasteiger partial charge is 0.381 e. The van der Waals surface area contributed by atoms with Crippen molar-refractivity contribution in [3.8, 4) is 0 Å². The van der Waals surface area contributed by atoms with Crippen molar-refractivity contribution in [1.29, 1.82) is 0 Å². The van der Waals surface area contributed by atoms with E-state index in [1.165, 1.54) is 68.1 Å². The zero-order valence-electron chi connectivity index (χ0n) is 15.7. The highest BCUT2D eigenvalue weighted by molar-refractivity contribution is 8.00. The van der Waals surface area contributed by atoms with Crippen LogP contribution in [0, 0.1) is 17.7 Å². The van der Waals surface area contributed by atoms with Crippen molar-refractivity contribution in [2.45, 2.75) is 49.5 Å². The lowest BCUT2D eigenvalue weighted by atomic mass is 9.95. The fraction of sp³-hybridized carbons (Fsp3) is 0.550. The van der Waals surface area contributed by atoms with Crippen LogP contribution in [0.15, 0.2) is 28.6 Å². The quantitative estimate of drug-likeness (QED) is 0.496. The fourth-order valence-electron chi connectivity index (χ4n) is 3.82. The Morgan fingerprint density at radius 1 is 1.18 bits per heavy atom. The third kappa shape index (κ3) is 5.53. The number of fused-ring (bicyclic) bond motifs is 1. The number of piperidine rings is 1. The average molecular weight is 441 g/mol. The molecule has 0 radical (unpaired) electrons. The third-order valence-corrected chi connectivity index (χ3v) is 7.51. The van der Waals surface area contributed by atoms with Crippen molar-refractivity contribution in [3.63, 3.8) is 0 Å². The number of thiazole rings is 1. The molecule has 3 N–H and O–H groups in total. The number of nitrogens with one attached hydrogen (secondary N) is 3. The van der Waals surface area contributed by atoms with E-state index in [0.717, 1.165) is 29.8 Å². The lowest BCUT2D eigenvalue weighted by molar-refractivity contribution is 0.462. The number of rotatable bonds is 5. The summed E-state index contributed by atoms with van der Waals surface area (Å²) >= 11 is 8.95. The molecular weight excluding hydrogens is 415 g/mol. The van der Waals surface area contributed by atoms with Gasteiger partial charge in [-0.15, -0.1) is 11.3 Å². The summed E-state index contributed by atoms with van der Waals surface area (Å²) in [5, 5.41) is 9.85. The van der Waals surface area contributed by atoms with Crippen molar-refractivity contribution < 1.29 is 4.39 Å². The Morgan fingerprint density at radius 2 is 1.96 bits per heavy atom. The van der Waals surface area contributed by atoms with Crippen LogP contribution in [-0.4, -0.2) is 24.1 Å². The minimum absolute atomic E-state index is 0.281. The van der Waals surface area contributed by atoms with Crippen LogP contribution in [0.3, 0.4) is 0 Å². The SMILES string of the molecule is C1NCC2CC12.Fc1cc(NC2CCCCC2)c(Cl)cc1SNc1nccs1. The maximum Gasteiger partial charge on any atom is 0.192 e. The first-order valence-corrected chi connectivity index (χ1v) is 12.0. The number of aromatic nitrogens is 1. The predicted octanol–water partition coefficient (Wildman–Crippen LogP) is 6.03. The van der Waals surface area contributed by atoms with Crippen LogP contribution in [0.4, 0.5) is 15.2 Å². The van der Waals surface area contributed by atoms with E-state index in [1.807, 2.05) is 5.38 Å². The maximum atomic E-state index is 14.2. The maximum absolute atomic E-state index is 14.2. The molecule has 1 aromatic heterocycles. The predicted molar refractivity (Wildman–Crippen MR) is 118 cm³/mol. The van der Waals surface area contributed by atoms with Crippen LogP contribution in [0.1, 0.15) is 38.5 Å². The standard InChI is InChI=1S/C15H17ClFN3S2.C5H9N/c16-11-8-14(22-20-15-18-6-7-21-15)12(17)9-13(11)19-10-4-2-1-3-5-10;1-4-2-6-3-5(1)4/h6-10,19H,1-5H2,(H,18,20);4-6H,1-3H2. The molecule has 8 heteroatoms. The van der Waals surface area contributed by atoms with Crippen LogP contribution in [-0.2, 0) is 0 Å². The Labute approximate surface area is 179 Å². The molecule has 1 saturated heterocycles. The number of halogens is 2. The highest BCUT2D eigenvalue weighted by atomic mass is 35.5. The van der Waals surface area contributed by atoms with E-state index in [0.29, 0.717) is 21.6 Å². The van der Waals surface area contributed by atoms with Gasteiger partial charge in [0.2, 0.25) is 0 Å². The molecule has 0 spiro atoms. The molecule has 2 saturated carbocycles. The van der Waals surface area contributed by atoms with Gasteiger partial charge in [-0.2, -0.15) is 0 Å². The van der Waals surface area contributed by atoms with Crippen LogP contribution in [0.2, 0.25) is 5.02 Å². The summed E-state index contributed by atoms with van der Waals surface area (Å²) in [6.07, 6.45) is 9.21. The highest BCUT2D eigenvalue weighted by Crippen LogP contribution is 2.40. The van der Waals surface area contributed by atoms with E-state index in [-0.39, 0.29) is 5.82 Å². The molecule has 1 aromatic carbocycles. The van der Waals surface area contributed by atoms with Gasteiger partial charge in [-0.25, -0.2) is 9.37 Å². The summed E-state index contributed by atoms with van der Waals surface area (Å²) in [5.41, 5.74) is 0.685. The first kappa shape index (κ1) is 20.3. The van der Waals surface area contributed by atoms with Crippen molar-refractivity contribution >= 4 is 45.7 Å². The van der Waals surface area contributed by atoms with Crippen molar-refractivity contribution in [2.75, 3.05) is 23.1 Å². The number of benzene rings is 1. The molecule has 0 bridgehead atoms. The molecule has 2 atom stereocenters. The lowest BCUT2D eigenvalue weighted by Crippen LogP contribution is -2.22. The second kappa shape index (κ2) is 9.65. The van der Waals surface area contributed by atoms with Crippen LogP contribution >= 0.6 is 34.9 Å². The summed E-state index contributed by atoms with van der Waals surface area (Å²) in [4.78, 5) is 4.56. The second-order valence-electron chi connectivity index (χ2n) is 7.70. The van der Waals surface area contributed by atoms with E-state index >= 15 is 0 Å². The molecule has 1 aliphatic heterocycles. The van der Waals surface area contributed by atoms with Gasteiger partial charge in [-0.05, 0) is 68.3 Å². The normalized spacial score (nSPS) is 23.5. The van der Waals surface area contributed by atoms with Gasteiger partial charge in [-0.1, -0.05) is 30.9 Å².